The maximum atomic E-state index is 11.0. The first kappa shape index (κ1) is 9.69. The van der Waals surface area contributed by atoms with Gasteiger partial charge in [-0.25, -0.2) is 0 Å². The summed E-state index contributed by atoms with van der Waals surface area (Å²) in [5.41, 5.74) is 0. The molecule has 0 aliphatic heterocycles. The highest BCUT2D eigenvalue weighted by Gasteiger charge is 1.98. The number of nitrogens with zero attached hydrogens (tertiary/aromatic N) is 1. The van der Waals surface area contributed by atoms with Gasteiger partial charge in [-0.05, 0) is 13.0 Å². The van der Waals surface area contributed by atoms with Gasteiger partial charge in [-0.15, -0.1) is 0 Å². The van der Waals surface area contributed by atoms with Gasteiger partial charge in [-0.3, -0.25) is 4.79 Å². The van der Waals surface area contributed by atoms with E-state index in [0.29, 0.717) is 0 Å². The van der Waals surface area contributed by atoms with E-state index in [0.717, 1.165) is 11.9 Å². The third kappa shape index (κ3) is 3.67. The Kier molecular flexibility index (Phi) is 5.30. The molecular weight excluding hydrogens is 194 g/mol. The molecule has 58 valence electrons. The summed E-state index contributed by atoms with van der Waals surface area (Å²) >= 11 is 3.19. The van der Waals surface area contributed by atoms with Crippen LogP contribution in [0.2, 0.25) is 0 Å². The van der Waals surface area contributed by atoms with E-state index in [1.807, 2.05) is 6.92 Å². The SMILES string of the molecule is CCN(C)C(=O)C=CCBr. The van der Waals surface area contributed by atoms with E-state index >= 15 is 0 Å². The molecule has 0 aliphatic carbocycles. The Morgan fingerprint density at radius 3 is 2.70 bits per heavy atom. The van der Waals surface area contributed by atoms with Crippen molar-refractivity contribution in [1.29, 1.82) is 0 Å². The number of amides is 1. The fraction of sp³-hybridized carbons (Fsp3) is 0.571. The third-order valence-electron chi connectivity index (χ3n) is 1.20. The molecule has 0 saturated carbocycles. The molecule has 0 aromatic carbocycles. The molecule has 0 aromatic rings. The Morgan fingerprint density at radius 2 is 2.30 bits per heavy atom. The van der Waals surface area contributed by atoms with Crippen LogP contribution in [0.4, 0.5) is 0 Å². The number of carbonyl (C=O) groups is 1. The van der Waals surface area contributed by atoms with Gasteiger partial charge in [-0.1, -0.05) is 22.0 Å². The molecule has 0 saturated heterocycles. The van der Waals surface area contributed by atoms with Crippen LogP contribution in [0.25, 0.3) is 0 Å². The Labute approximate surface area is 70.0 Å². The summed E-state index contributed by atoms with van der Waals surface area (Å²) in [7, 11) is 1.78. The minimum atomic E-state index is 0.0574. The molecule has 0 aromatic heterocycles. The number of alkyl halides is 1. The molecule has 0 atom stereocenters. The maximum Gasteiger partial charge on any atom is 0.245 e. The fourth-order valence-electron chi connectivity index (χ4n) is 0.428. The molecule has 0 spiro atoms. The summed E-state index contributed by atoms with van der Waals surface area (Å²) in [4.78, 5) is 12.6. The Bertz CT molecular complexity index is 134. The minimum Gasteiger partial charge on any atom is -0.343 e. The van der Waals surface area contributed by atoms with Crippen LogP contribution in [0, 0.1) is 0 Å². The lowest BCUT2D eigenvalue weighted by atomic mass is 10.4. The van der Waals surface area contributed by atoms with Crippen LogP contribution in [0.15, 0.2) is 12.2 Å². The Morgan fingerprint density at radius 1 is 1.70 bits per heavy atom. The summed E-state index contributed by atoms with van der Waals surface area (Å²) in [5, 5.41) is 0.732. The predicted molar refractivity (Wildman–Crippen MR) is 46.2 cm³/mol. The standard InChI is InChI=1S/C7H12BrNO/c1-3-9(2)7(10)5-4-6-8/h4-5H,3,6H2,1-2H3. The third-order valence-corrected chi connectivity index (χ3v) is 1.57. The molecule has 0 radical (unpaired) electrons. The van der Waals surface area contributed by atoms with Crippen molar-refractivity contribution < 1.29 is 4.79 Å². The van der Waals surface area contributed by atoms with Crippen molar-refractivity contribution in [2.75, 3.05) is 18.9 Å². The summed E-state index contributed by atoms with van der Waals surface area (Å²) in [6.45, 7) is 2.70. The number of hydrogen-bond donors (Lipinski definition) is 0. The van der Waals surface area contributed by atoms with E-state index in [9.17, 15) is 4.79 Å². The van der Waals surface area contributed by atoms with Crippen molar-refractivity contribution >= 4 is 21.8 Å². The first-order valence-electron chi connectivity index (χ1n) is 3.20. The summed E-state index contributed by atoms with van der Waals surface area (Å²) < 4.78 is 0. The van der Waals surface area contributed by atoms with Crippen molar-refractivity contribution in [3.05, 3.63) is 12.2 Å². The Hall–Kier alpha value is -0.310. The van der Waals surface area contributed by atoms with Gasteiger partial charge in [0.1, 0.15) is 0 Å². The highest BCUT2D eigenvalue weighted by atomic mass is 79.9. The van der Waals surface area contributed by atoms with Crippen LogP contribution in [0.5, 0.6) is 0 Å². The molecule has 3 heteroatoms. The topological polar surface area (TPSA) is 20.3 Å². The highest BCUT2D eigenvalue weighted by Crippen LogP contribution is 1.87. The van der Waals surface area contributed by atoms with Crippen LogP contribution in [0.3, 0.4) is 0 Å². The molecule has 0 aliphatic rings. The van der Waals surface area contributed by atoms with Gasteiger partial charge >= 0.3 is 0 Å². The number of carbonyl (C=O) groups excluding carboxylic acids is 1. The molecule has 1 amide bonds. The number of allylic oxidation sites excluding steroid dienone is 1. The molecular formula is C7H12BrNO. The lowest BCUT2D eigenvalue weighted by Crippen LogP contribution is -2.23. The van der Waals surface area contributed by atoms with Gasteiger partial charge in [0.25, 0.3) is 0 Å². The van der Waals surface area contributed by atoms with Crippen LogP contribution < -0.4 is 0 Å². The first-order chi connectivity index (χ1) is 4.72. The van der Waals surface area contributed by atoms with Crippen molar-refractivity contribution in [3.63, 3.8) is 0 Å². The monoisotopic (exact) mass is 205 g/mol. The maximum absolute atomic E-state index is 11.0. The van der Waals surface area contributed by atoms with Crippen LogP contribution in [0.1, 0.15) is 6.92 Å². The van der Waals surface area contributed by atoms with Gasteiger partial charge in [0, 0.05) is 18.9 Å². The van der Waals surface area contributed by atoms with Crippen molar-refractivity contribution in [3.8, 4) is 0 Å². The molecule has 10 heavy (non-hydrogen) atoms. The molecule has 0 rings (SSSR count). The van der Waals surface area contributed by atoms with Crippen molar-refractivity contribution in [1.82, 2.24) is 4.90 Å². The van der Waals surface area contributed by atoms with E-state index in [1.54, 1.807) is 24.1 Å². The number of halogens is 1. The Balaban J connectivity index is 3.72. The average Bonchev–Trinajstić information content (AvgIpc) is 1.98. The van der Waals surface area contributed by atoms with E-state index in [-0.39, 0.29) is 5.91 Å². The van der Waals surface area contributed by atoms with Gasteiger partial charge in [0.05, 0.1) is 0 Å². The number of hydrogen-bond acceptors (Lipinski definition) is 1. The van der Waals surface area contributed by atoms with E-state index in [1.165, 1.54) is 0 Å². The zero-order chi connectivity index (χ0) is 7.98. The predicted octanol–water partition coefficient (Wildman–Crippen LogP) is 1.42. The second-order valence-corrected chi connectivity index (χ2v) is 2.56. The second kappa shape index (κ2) is 5.47. The first-order valence-corrected chi connectivity index (χ1v) is 4.32. The molecule has 0 bridgehead atoms. The quantitative estimate of drug-likeness (QED) is 0.505. The molecule has 0 fully saturated rings. The lowest BCUT2D eigenvalue weighted by Gasteiger charge is -2.10. The zero-order valence-electron chi connectivity index (χ0n) is 6.30. The van der Waals surface area contributed by atoms with E-state index < -0.39 is 0 Å². The summed E-state index contributed by atoms with van der Waals surface area (Å²) in [6, 6.07) is 0. The van der Waals surface area contributed by atoms with Gasteiger partial charge in [0.15, 0.2) is 0 Å². The smallest absolute Gasteiger partial charge is 0.245 e. The molecule has 0 unspecified atom stereocenters. The lowest BCUT2D eigenvalue weighted by molar-refractivity contribution is -0.124. The van der Waals surface area contributed by atoms with E-state index in [2.05, 4.69) is 15.9 Å². The normalized spacial score (nSPS) is 10.3. The minimum absolute atomic E-state index is 0.0574. The van der Waals surface area contributed by atoms with Crippen molar-refractivity contribution in [2.24, 2.45) is 0 Å². The van der Waals surface area contributed by atoms with Crippen LogP contribution in [-0.2, 0) is 4.79 Å². The molecule has 0 heterocycles. The largest absolute Gasteiger partial charge is 0.343 e. The summed E-state index contributed by atoms with van der Waals surface area (Å²) in [5.74, 6) is 0.0574. The van der Waals surface area contributed by atoms with Crippen LogP contribution >= 0.6 is 15.9 Å². The van der Waals surface area contributed by atoms with E-state index in [4.69, 9.17) is 0 Å². The van der Waals surface area contributed by atoms with Gasteiger partial charge in [-0.2, -0.15) is 0 Å². The molecule has 0 N–H and O–H groups in total. The van der Waals surface area contributed by atoms with Crippen molar-refractivity contribution in [2.45, 2.75) is 6.92 Å². The van der Waals surface area contributed by atoms with Gasteiger partial charge in [0.2, 0.25) is 5.91 Å². The zero-order valence-corrected chi connectivity index (χ0v) is 7.89. The summed E-state index contributed by atoms with van der Waals surface area (Å²) in [6.07, 6.45) is 3.35. The average molecular weight is 206 g/mol. The van der Waals surface area contributed by atoms with Crippen LogP contribution in [-0.4, -0.2) is 29.7 Å². The number of likely N-dealkylation sites (N-methyl/N-ethyl adjacent to an activating group) is 1. The second-order valence-electron chi connectivity index (χ2n) is 1.91. The van der Waals surface area contributed by atoms with Gasteiger partial charge < -0.3 is 4.90 Å². The fourth-order valence-corrected chi connectivity index (χ4v) is 0.615. The number of rotatable bonds is 3. The molecule has 2 nitrogen and oxygen atoms in total. The highest BCUT2D eigenvalue weighted by molar-refractivity contribution is 9.09.